The monoisotopic (exact) mass is 581 g/mol. The zero-order chi connectivity index (χ0) is 20.4. The molecule has 0 unspecified atom stereocenters. The molecule has 0 spiro atoms. The van der Waals surface area contributed by atoms with Crippen LogP contribution >= 0.6 is 0 Å². The van der Waals surface area contributed by atoms with Gasteiger partial charge in [0, 0.05) is 23.6 Å². The SMILES string of the molecule is CC(C)n1ncnc1-c1[c-]c(Oc2[c-]c(-c3ncnn3C(C)C)ccc2)ccc1.[Pt+2]. The molecule has 0 aliphatic carbocycles. The molecule has 0 saturated carbocycles. The van der Waals surface area contributed by atoms with Gasteiger partial charge in [0.1, 0.15) is 12.7 Å². The van der Waals surface area contributed by atoms with E-state index in [2.05, 4.69) is 60.0 Å². The fourth-order valence-corrected chi connectivity index (χ4v) is 3.04. The Bertz CT molecular complexity index is 1030. The van der Waals surface area contributed by atoms with E-state index in [-0.39, 0.29) is 33.1 Å². The smallest absolute Gasteiger partial charge is 0.497 e. The molecular weight excluding hydrogens is 559 g/mol. The first-order chi connectivity index (χ1) is 14.0. The molecule has 0 amide bonds. The summed E-state index contributed by atoms with van der Waals surface area (Å²) in [6.07, 6.45) is 3.11. The molecule has 0 radical (unpaired) electrons. The van der Waals surface area contributed by atoms with Gasteiger partial charge in [0.05, 0.1) is 11.6 Å². The summed E-state index contributed by atoms with van der Waals surface area (Å²) in [6, 6.07) is 18.4. The number of aromatic nitrogens is 6. The summed E-state index contributed by atoms with van der Waals surface area (Å²) in [5.41, 5.74) is 1.65. The van der Waals surface area contributed by atoms with E-state index in [1.807, 2.05) is 45.8 Å². The number of ether oxygens (including phenoxy) is 1. The second-order valence-electron chi connectivity index (χ2n) is 7.20. The Morgan fingerprint density at radius 2 is 1.17 bits per heavy atom. The summed E-state index contributed by atoms with van der Waals surface area (Å²) < 4.78 is 9.75. The zero-order valence-electron chi connectivity index (χ0n) is 17.2. The van der Waals surface area contributed by atoms with E-state index in [1.54, 1.807) is 12.7 Å². The Kier molecular flexibility index (Phi) is 6.83. The third-order valence-electron chi connectivity index (χ3n) is 4.36. The molecule has 0 bridgehead atoms. The topological polar surface area (TPSA) is 70.7 Å². The Morgan fingerprint density at radius 3 is 1.57 bits per heavy atom. The van der Waals surface area contributed by atoms with Gasteiger partial charge >= 0.3 is 21.1 Å². The van der Waals surface area contributed by atoms with Crippen molar-refractivity contribution in [3.8, 4) is 34.3 Å². The van der Waals surface area contributed by atoms with Gasteiger partial charge in [-0.3, -0.25) is 19.3 Å². The van der Waals surface area contributed by atoms with Crippen LogP contribution in [-0.2, 0) is 21.1 Å². The van der Waals surface area contributed by atoms with Crippen molar-refractivity contribution in [3.05, 3.63) is 61.2 Å². The van der Waals surface area contributed by atoms with E-state index in [1.165, 1.54) is 0 Å². The summed E-state index contributed by atoms with van der Waals surface area (Å²) in [4.78, 5) is 8.74. The van der Waals surface area contributed by atoms with Crippen molar-refractivity contribution >= 4 is 0 Å². The van der Waals surface area contributed by atoms with Gasteiger partial charge in [-0.2, -0.15) is 10.2 Å². The molecule has 4 rings (SSSR count). The maximum Gasteiger partial charge on any atom is 2.00 e. The number of hydrogen-bond donors (Lipinski definition) is 0. The predicted molar refractivity (Wildman–Crippen MR) is 109 cm³/mol. The van der Waals surface area contributed by atoms with Crippen molar-refractivity contribution in [2.24, 2.45) is 0 Å². The van der Waals surface area contributed by atoms with Crippen LogP contribution in [-0.4, -0.2) is 29.5 Å². The number of rotatable bonds is 6. The van der Waals surface area contributed by atoms with Crippen LogP contribution < -0.4 is 4.74 Å². The van der Waals surface area contributed by atoms with Gasteiger partial charge in [-0.05, 0) is 27.7 Å². The quantitative estimate of drug-likeness (QED) is 0.308. The molecule has 30 heavy (non-hydrogen) atoms. The van der Waals surface area contributed by atoms with E-state index in [0.29, 0.717) is 11.5 Å². The van der Waals surface area contributed by atoms with Gasteiger partial charge in [-0.1, -0.05) is 12.1 Å². The van der Waals surface area contributed by atoms with Crippen LogP contribution in [0.3, 0.4) is 0 Å². The molecule has 0 fully saturated rings. The third-order valence-corrected chi connectivity index (χ3v) is 4.36. The molecule has 0 N–H and O–H groups in total. The average molecular weight is 582 g/mol. The molecule has 2 heterocycles. The van der Waals surface area contributed by atoms with Gasteiger partial charge in [-0.15, -0.1) is 47.5 Å². The molecule has 2 aromatic carbocycles. The van der Waals surface area contributed by atoms with Crippen LogP contribution in [0.25, 0.3) is 22.8 Å². The first-order valence-corrected chi connectivity index (χ1v) is 9.55. The third kappa shape index (κ3) is 4.51. The Morgan fingerprint density at radius 1 is 0.733 bits per heavy atom. The van der Waals surface area contributed by atoms with Crippen molar-refractivity contribution in [2.75, 3.05) is 0 Å². The Labute approximate surface area is 190 Å². The van der Waals surface area contributed by atoms with E-state index < -0.39 is 0 Å². The second-order valence-corrected chi connectivity index (χ2v) is 7.20. The normalized spacial score (nSPS) is 11.0. The summed E-state index contributed by atoms with van der Waals surface area (Å²) in [5.74, 6) is 2.68. The standard InChI is InChI=1S/C22H22N6O.Pt/c1-15(2)27-21(23-13-25-27)17-7-5-9-19(11-17)29-20-10-6-8-18(12-20)22-24-14-26-28(22)16(3)4;/h5-10,13-16H,1-4H3;/q-2;+2. The molecule has 2 aromatic heterocycles. The summed E-state index contributed by atoms with van der Waals surface area (Å²) >= 11 is 0. The van der Waals surface area contributed by atoms with Crippen molar-refractivity contribution in [2.45, 2.75) is 39.8 Å². The van der Waals surface area contributed by atoms with E-state index >= 15 is 0 Å². The minimum Gasteiger partial charge on any atom is -0.497 e. The number of nitrogens with zero attached hydrogens (tertiary/aromatic N) is 6. The maximum atomic E-state index is 6.03. The molecular formula is C22H22N6OPt. The second kappa shape index (κ2) is 9.35. The van der Waals surface area contributed by atoms with Crippen LogP contribution in [0.2, 0.25) is 0 Å². The molecule has 156 valence electrons. The van der Waals surface area contributed by atoms with Crippen molar-refractivity contribution < 1.29 is 25.8 Å². The van der Waals surface area contributed by atoms with Crippen LogP contribution in [0.4, 0.5) is 0 Å². The van der Waals surface area contributed by atoms with Crippen LogP contribution in [0, 0.1) is 12.1 Å². The minimum absolute atomic E-state index is 0. The molecule has 0 aliphatic rings. The van der Waals surface area contributed by atoms with Gasteiger partial charge < -0.3 is 4.74 Å². The van der Waals surface area contributed by atoms with Crippen molar-refractivity contribution in [1.82, 2.24) is 29.5 Å². The molecule has 0 aliphatic heterocycles. The summed E-state index contributed by atoms with van der Waals surface area (Å²) in [5, 5.41) is 8.58. The van der Waals surface area contributed by atoms with Crippen molar-refractivity contribution in [3.63, 3.8) is 0 Å². The number of benzene rings is 2. The fourth-order valence-electron chi connectivity index (χ4n) is 3.04. The molecule has 0 atom stereocenters. The molecule has 0 saturated heterocycles. The van der Waals surface area contributed by atoms with Gasteiger partial charge in [0.25, 0.3) is 0 Å². The molecule has 8 heteroatoms. The maximum absolute atomic E-state index is 6.03. The first-order valence-electron chi connectivity index (χ1n) is 9.55. The number of hydrogen-bond acceptors (Lipinski definition) is 5. The Hall–Kier alpha value is -2.79. The van der Waals surface area contributed by atoms with Crippen LogP contribution in [0.5, 0.6) is 11.5 Å². The van der Waals surface area contributed by atoms with Crippen LogP contribution in [0.1, 0.15) is 39.8 Å². The minimum atomic E-state index is 0. The first kappa shape index (κ1) is 21.9. The molecule has 7 nitrogen and oxygen atoms in total. The average Bonchev–Trinajstić information content (AvgIpc) is 3.38. The zero-order valence-corrected chi connectivity index (χ0v) is 19.5. The largest absolute Gasteiger partial charge is 2.00 e. The fraction of sp³-hybridized carbons (Fsp3) is 0.273. The van der Waals surface area contributed by atoms with E-state index in [9.17, 15) is 0 Å². The summed E-state index contributed by atoms with van der Waals surface area (Å²) in [7, 11) is 0. The predicted octanol–water partition coefficient (Wildman–Crippen LogP) is 4.76. The molecule has 4 aromatic rings. The summed E-state index contributed by atoms with van der Waals surface area (Å²) in [6.45, 7) is 8.26. The van der Waals surface area contributed by atoms with Gasteiger partial charge in [0.2, 0.25) is 0 Å². The van der Waals surface area contributed by atoms with E-state index in [0.717, 1.165) is 22.8 Å². The van der Waals surface area contributed by atoms with Crippen molar-refractivity contribution in [1.29, 1.82) is 0 Å². The van der Waals surface area contributed by atoms with Gasteiger partial charge in [-0.25, -0.2) is 0 Å². The Balaban J connectivity index is 0.00000256. The van der Waals surface area contributed by atoms with E-state index in [4.69, 9.17) is 4.74 Å². The van der Waals surface area contributed by atoms with Crippen LogP contribution in [0.15, 0.2) is 49.1 Å². The van der Waals surface area contributed by atoms with Gasteiger partial charge in [0.15, 0.2) is 0 Å².